The normalized spacial score (nSPS) is 23.4. The van der Waals surface area contributed by atoms with Gasteiger partial charge < -0.3 is 10.2 Å². The lowest BCUT2D eigenvalue weighted by Gasteiger charge is -2.35. The fraction of sp³-hybridized carbons (Fsp3) is 0.647. The molecule has 3 unspecified atom stereocenters. The van der Waals surface area contributed by atoms with Gasteiger partial charge in [-0.1, -0.05) is 51.1 Å². The van der Waals surface area contributed by atoms with E-state index in [0.29, 0.717) is 12.0 Å². The van der Waals surface area contributed by atoms with Crippen LogP contribution in [0.5, 0.6) is 0 Å². The maximum absolute atomic E-state index is 3.67. The number of thioether (sulfide) groups is 1. The third-order valence-corrected chi connectivity index (χ3v) is 5.16. The van der Waals surface area contributed by atoms with Gasteiger partial charge in [-0.05, 0) is 18.0 Å². The molecule has 1 aliphatic heterocycles. The van der Waals surface area contributed by atoms with Gasteiger partial charge in [-0.15, -0.1) is 0 Å². The van der Waals surface area contributed by atoms with Crippen LogP contribution in [-0.2, 0) is 0 Å². The van der Waals surface area contributed by atoms with Crippen LogP contribution in [0, 0.1) is 5.92 Å². The standard InChI is InChI=1S/C17H28N2S/c1-4-18-17(16-8-6-5-7-9-16)14(2)12-19-10-11-20-15(3)13-19/h5-9,14-15,17-18H,4,10-13H2,1-3H3. The first kappa shape index (κ1) is 15.9. The molecule has 0 spiro atoms. The molecule has 112 valence electrons. The number of hydrogen-bond acceptors (Lipinski definition) is 3. The summed E-state index contributed by atoms with van der Waals surface area (Å²) in [5, 5.41) is 4.45. The van der Waals surface area contributed by atoms with Gasteiger partial charge in [0.05, 0.1) is 0 Å². The Hall–Kier alpha value is -0.510. The van der Waals surface area contributed by atoms with E-state index < -0.39 is 0 Å². The van der Waals surface area contributed by atoms with Crippen molar-refractivity contribution in [3.63, 3.8) is 0 Å². The first-order valence-electron chi connectivity index (χ1n) is 7.83. The number of benzene rings is 1. The maximum atomic E-state index is 3.67. The van der Waals surface area contributed by atoms with Crippen LogP contribution in [-0.4, -0.2) is 42.1 Å². The predicted molar refractivity (Wildman–Crippen MR) is 90.4 cm³/mol. The first-order valence-corrected chi connectivity index (χ1v) is 8.88. The topological polar surface area (TPSA) is 15.3 Å². The van der Waals surface area contributed by atoms with Crippen molar-refractivity contribution in [1.29, 1.82) is 0 Å². The summed E-state index contributed by atoms with van der Waals surface area (Å²) in [6.07, 6.45) is 0. The molecule has 3 heteroatoms. The molecule has 1 saturated heterocycles. The second-order valence-electron chi connectivity index (χ2n) is 5.86. The van der Waals surface area contributed by atoms with Crippen LogP contribution >= 0.6 is 11.8 Å². The molecule has 1 N–H and O–H groups in total. The Morgan fingerprint density at radius 3 is 2.75 bits per heavy atom. The van der Waals surface area contributed by atoms with Crippen LogP contribution < -0.4 is 5.32 Å². The van der Waals surface area contributed by atoms with Gasteiger partial charge in [-0.3, -0.25) is 0 Å². The van der Waals surface area contributed by atoms with Gasteiger partial charge in [0.15, 0.2) is 0 Å². The van der Waals surface area contributed by atoms with Crippen molar-refractivity contribution < 1.29 is 0 Å². The van der Waals surface area contributed by atoms with Crippen LogP contribution in [0.2, 0.25) is 0 Å². The fourth-order valence-corrected chi connectivity index (χ4v) is 4.18. The molecule has 1 aromatic rings. The van der Waals surface area contributed by atoms with Crippen molar-refractivity contribution in [3.05, 3.63) is 35.9 Å². The van der Waals surface area contributed by atoms with Crippen molar-refractivity contribution in [1.82, 2.24) is 10.2 Å². The van der Waals surface area contributed by atoms with Crippen molar-refractivity contribution in [2.24, 2.45) is 5.92 Å². The van der Waals surface area contributed by atoms with Crippen molar-refractivity contribution in [2.75, 3.05) is 31.9 Å². The van der Waals surface area contributed by atoms with Gasteiger partial charge in [0, 0.05) is 36.7 Å². The summed E-state index contributed by atoms with van der Waals surface area (Å²) in [6, 6.07) is 11.3. The average Bonchev–Trinajstić information content (AvgIpc) is 2.45. The lowest BCUT2D eigenvalue weighted by atomic mass is 9.93. The second-order valence-corrected chi connectivity index (χ2v) is 7.41. The largest absolute Gasteiger partial charge is 0.310 e. The molecule has 1 fully saturated rings. The van der Waals surface area contributed by atoms with E-state index in [1.54, 1.807) is 0 Å². The van der Waals surface area contributed by atoms with Gasteiger partial charge in [-0.25, -0.2) is 0 Å². The monoisotopic (exact) mass is 292 g/mol. The predicted octanol–water partition coefficient (Wildman–Crippen LogP) is 3.41. The number of rotatable bonds is 6. The molecule has 20 heavy (non-hydrogen) atoms. The Kier molecular flexibility index (Phi) is 6.40. The van der Waals surface area contributed by atoms with E-state index in [4.69, 9.17) is 0 Å². The van der Waals surface area contributed by atoms with Crippen molar-refractivity contribution in [3.8, 4) is 0 Å². The molecule has 0 aromatic heterocycles. The van der Waals surface area contributed by atoms with Crippen LogP contribution in [0.3, 0.4) is 0 Å². The molecule has 2 rings (SSSR count). The summed E-state index contributed by atoms with van der Waals surface area (Å²) >= 11 is 2.11. The lowest BCUT2D eigenvalue weighted by molar-refractivity contribution is 0.219. The van der Waals surface area contributed by atoms with Gasteiger partial charge in [0.25, 0.3) is 0 Å². The average molecular weight is 292 g/mol. The molecule has 0 radical (unpaired) electrons. The highest BCUT2D eigenvalue weighted by molar-refractivity contribution is 7.99. The summed E-state index contributed by atoms with van der Waals surface area (Å²) in [7, 11) is 0. The van der Waals surface area contributed by atoms with Gasteiger partial charge in [-0.2, -0.15) is 11.8 Å². The zero-order chi connectivity index (χ0) is 14.4. The molecule has 0 amide bonds. The molecule has 0 saturated carbocycles. The molecule has 1 aliphatic rings. The molecule has 0 bridgehead atoms. The molecule has 3 atom stereocenters. The summed E-state index contributed by atoms with van der Waals surface area (Å²) < 4.78 is 0. The van der Waals surface area contributed by atoms with Gasteiger partial charge in [0.1, 0.15) is 0 Å². The van der Waals surface area contributed by atoms with Crippen LogP contribution in [0.15, 0.2) is 30.3 Å². The lowest BCUT2D eigenvalue weighted by Crippen LogP contribution is -2.42. The number of nitrogens with zero attached hydrogens (tertiary/aromatic N) is 1. The maximum Gasteiger partial charge on any atom is 0.0358 e. The summed E-state index contributed by atoms with van der Waals surface area (Å²) in [5.74, 6) is 1.91. The molecule has 1 aromatic carbocycles. The van der Waals surface area contributed by atoms with Crippen molar-refractivity contribution >= 4 is 11.8 Å². The molecular weight excluding hydrogens is 264 g/mol. The van der Waals surface area contributed by atoms with E-state index in [9.17, 15) is 0 Å². The summed E-state index contributed by atoms with van der Waals surface area (Å²) in [6.45, 7) is 11.6. The van der Waals surface area contributed by atoms with Crippen LogP contribution in [0.1, 0.15) is 32.4 Å². The zero-order valence-corrected chi connectivity index (χ0v) is 13.8. The molecular formula is C17H28N2S. The Bertz CT molecular complexity index is 382. The number of hydrogen-bond donors (Lipinski definition) is 1. The van der Waals surface area contributed by atoms with E-state index in [0.717, 1.165) is 11.8 Å². The zero-order valence-electron chi connectivity index (χ0n) is 13.0. The minimum atomic E-state index is 0.464. The molecule has 2 nitrogen and oxygen atoms in total. The highest BCUT2D eigenvalue weighted by Crippen LogP contribution is 2.25. The minimum absolute atomic E-state index is 0.464. The highest BCUT2D eigenvalue weighted by atomic mass is 32.2. The Morgan fingerprint density at radius 2 is 2.10 bits per heavy atom. The van der Waals surface area contributed by atoms with E-state index in [2.05, 4.69) is 73.1 Å². The molecule has 0 aliphatic carbocycles. The van der Waals surface area contributed by atoms with Crippen molar-refractivity contribution in [2.45, 2.75) is 32.1 Å². The van der Waals surface area contributed by atoms with Gasteiger partial charge in [0.2, 0.25) is 0 Å². The van der Waals surface area contributed by atoms with E-state index in [-0.39, 0.29) is 0 Å². The highest BCUT2D eigenvalue weighted by Gasteiger charge is 2.23. The fourth-order valence-electron chi connectivity index (χ4n) is 3.10. The SMILES string of the molecule is CCNC(c1ccccc1)C(C)CN1CCSC(C)C1. The Morgan fingerprint density at radius 1 is 1.35 bits per heavy atom. The smallest absolute Gasteiger partial charge is 0.0358 e. The van der Waals surface area contributed by atoms with E-state index in [1.165, 1.54) is 31.0 Å². The summed E-state index contributed by atoms with van der Waals surface area (Å²) in [5.41, 5.74) is 1.42. The Labute approximate surface area is 128 Å². The summed E-state index contributed by atoms with van der Waals surface area (Å²) in [4.78, 5) is 2.64. The first-order chi connectivity index (χ1) is 9.70. The Balaban J connectivity index is 1.98. The second kappa shape index (κ2) is 8.06. The van der Waals surface area contributed by atoms with E-state index in [1.807, 2.05) is 0 Å². The minimum Gasteiger partial charge on any atom is -0.310 e. The van der Waals surface area contributed by atoms with E-state index >= 15 is 0 Å². The quantitative estimate of drug-likeness (QED) is 0.865. The van der Waals surface area contributed by atoms with Crippen LogP contribution in [0.4, 0.5) is 0 Å². The van der Waals surface area contributed by atoms with Crippen LogP contribution in [0.25, 0.3) is 0 Å². The third-order valence-electron chi connectivity index (χ3n) is 4.02. The van der Waals surface area contributed by atoms with Gasteiger partial charge >= 0.3 is 0 Å². The molecule has 1 heterocycles. The third kappa shape index (κ3) is 4.51. The number of nitrogens with one attached hydrogen (secondary N) is 1.